The number of nitrogens with zero attached hydrogens (tertiary/aromatic N) is 1. The van der Waals surface area contributed by atoms with E-state index in [0.29, 0.717) is 18.0 Å². The zero-order chi connectivity index (χ0) is 12.3. The van der Waals surface area contributed by atoms with Gasteiger partial charge in [-0.15, -0.1) is 0 Å². The summed E-state index contributed by atoms with van der Waals surface area (Å²) in [5.41, 5.74) is 6.04. The maximum absolute atomic E-state index is 6.04. The van der Waals surface area contributed by atoms with Gasteiger partial charge in [0.2, 0.25) is 0 Å². The Morgan fingerprint density at radius 3 is 2.76 bits per heavy atom. The van der Waals surface area contributed by atoms with Gasteiger partial charge in [-0.05, 0) is 51.0 Å². The Morgan fingerprint density at radius 1 is 1.29 bits per heavy atom. The Bertz CT molecular complexity index is 228. The van der Waals surface area contributed by atoms with Gasteiger partial charge in [0.25, 0.3) is 0 Å². The van der Waals surface area contributed by atoms with Crippen molar-refractivity contribution in [1.29, 1.82) is 0 Å². The summed E-state index contributed by atoms with van der Waals surface area (Å²) in [7, 11) is 0. The van der Waals surface area contributed by atoms with Gasteiger partial charge in [-0.3, -0.25) is 4.90 Å². The van der Waals surface area contributed by atoms with E-state index >= 15 is 0 Å². The second-order valence-corrected chi connectivity index (χ2v) is 5.88. The summed E-state index contributed by atoms with van der Waals surface area (Å²) in [5, 5.41) is 0. The van der Waals surface area contributed by atoms with E-state index in [9.17, 15) is 0 Å². The van der Waals surface area contributed by atoms with E-state index in [1.54, 1.807) is 0 Å². The molecule has 0 aromatic heterocycles. The maximum Gasteiger partial charge on any atom is 0.0509 e. The summed E-state index contributed by atoms with van der Waals surface area (Å²) < 4.78 is 5.64. The number of rotatable bonds is 3. The first-order valence-electron chi connectivity index (χ1n) is 7.27. The van der Waals surface area contributed by atoms with Gasteiger partial charge in [0.1, 0.15) is 0 Å². The van der Waals surface area contributed by atoms with Crippen LogP contribution in [0.2, 0.25) is 0 Å². The van der Waals surface area contributed by atoms with Crippen LogP contribution in [-0.4, -0.2) is 43.3 Å². The average Bonchev–Trinajstić information content (AvgIpc) is 2.37. The first kappa shape index (κ1) is 13.3. The molecule has 100 valence electrons. The Kier molecular flexibility index (Phi) is 4.83. The molecule has 0 amide bonds. The van der Waals surface area contributed by atoms with Crippen LogP contribution in [0, 0.1) is 11.8 Å². The number of hydrogen-bond donors (Lipinski definition) is 1. The zero-order valence-electron chi connectivity index (χ0n) is 11.4. The fraction of sp³-hybridized carbons (Fsp3) is 1.00. The molecule has 2 aliphatic rings. The highest BCUT2D eigenvalue weighted by Gasteiger charge is 2.34. The Morgan fingerprint density at radius 2 is 2.12 bits per heavy atom. The van der Waals surface area contributed by atoms with Gasteiger partial charge in [0.05, 0.1) is 6.61 Å². The van der Waals surface area contributed by atoms with Crippen molar-refractivity contribution in [3.8, 4) is 0 Å². The number of piperidine rings is 1. The lowest BCUT2D eigenvalue weighted by molar-refractivity contribution is -0.0174. The van der Waals surface area contributed by atoms with Gasteiger partial charge < -0.3 is 10.5 Å². The summed E-state index contributed by atoms with van der Waals surface area (Å²) in [4.78, 5) is 2.66. The fourth-order valence-corrected chi connectivity index (χ4v) is 3.50. The van der Waals surface area contributed by atoms with Crippen LogP contribution in [0.15, 0.2) is 0 Å². The molecule has 2 heterocycles. The molecule has 4 atom stereocenters. The highest BCUT2D eigenvalue weighted by Crippen LogP contribution is 2.29. The average molecular weight is 240 g/mol. The third-order valence-corrected chi connectivity index (χ3v) is 4.83. The normalized spacial score (nSPS) is 37.9. The number of ether oxygens (including phenoxy) is 1. The predicted octanol–water partition coefficient (Wildman–Crippen LogP) is 1.86. The topological polar surface area (TPSA) is 38.5 Å². The van der Waals surface area contributed by atoms with E-state index in [-0.39, 0.29) is 0 Å². The third kappa shape index (κ3) is 3.01. The van der Waals surface area contributed by atoms with E-state index in [1.165, 1.54) is 32.2 Å². The van der Waals surface area contributed by atoms with Gasteiger partial charge in [-0.2, -0.15) is 0 Å². The molecule has 2 rings (SSSR count). The van der Waals surface area contributed by atoms with Crippen LogP contribution in [0.3, 0.4) is 0 Å². The molecule has 2 aliphatic heterocycles. The minimum absolute atomic E-state index is 0.535. The largest absolute Gasteiger partial charge is 0.381 e. The fourth-order valence-electron chi connectivity index (χ4n) is 3.50. The van der Waals surface area contributed by atoms with Crippen molar-refractivity contribution >= 4 is 0 Å². The van der Waals surface area contributed by atoms with Crippen molar-refractivity contribution in [2.24, 2.45) is 17.6 Å². The summed E-state index contributed by atoms with van der Waals surface area (Å²) in [6.07, 6.45) is 5.20. The number of hydrogen-bond acceptors (Lipinski definition) is 3. The third-order valence-electron chi connectivity index (χ3n) is 4.83. The molecule has 2 saturated heterocycles. The molecule has 0 saturated carbocycles. The Balaban J connectivity index is 2.00. The zero-order valence-corrected chi connectivity index (χ0v) is 11.4. The molecule has 2 N–H and O–H groups in total. The lowest BCUT2D eigenvalue weighted by Gasteiger charge is -2.46. The van der Waals surface area contributed by atoms with Gasteiger partial charge in [0.15, 0.2) is 0 Å². The van der Waals surface area contributed by atoms with Crippen molar-refractivity contribution in [3.05, 3.63) is 0 Å². The van der Waals surface area contributed by atoms with Crippen LogP contribution in [0.1, 0.15) is 39.5 Å². The van der Waals surface area contributed by atoms with Crippen LogP contribution in [-0.2, 0) is 4.74 Å². The van der Waals surface area contributed by atoms with Gasteiger partial charge in [0, 0.05) is 25.2 Å². The Hall–Kier alpha value is -0.120. The highest BCUT2D eigenvalue weighted by molar-refractivity contribution is 4.88. The predicted molar refractivity (Wildman–Crippen MR) is 71.0 cm³/mol. The first-order valence-corrected chi connectivity index (χ1v) is 7.27. The van der Waals surface area contributed by atoms with Crippen molar-refractivity contribution in [2.45, 2.75) is 51.6 Å². The molecule has 0 aromatic carbocycles. The van der Waals surface area contributed by atoms with E-state index in [1.807, 2.05) is 0 Å². The summed E-state index contributed by atoms with van der Waals surface area (Å²) in [6.45, 7) is 8.62. The van der Waals surface area contributed by atoms with Gasteiger partial charge in [-0.25, -0.2) is 0 Å². The van der Waals surface area contributed by atoms with Gasteiger partial charge in [-0.1, -0.05) is 6.92 Å². The van der Waals surface area contributed by atoms with E-state index in [0.717, 1.165) is 25.7 Å². The van der Waals surface area contributed by atoms with Crippen LogP contribution in [0.25, 0.3) is 0 Å². The van der Waals surface area contributed by atoms with Crippen LogP contribution >= 0.6 is 0 Å². The van der Waals surface area contributed by atoms with Crippen LogP contribution in [0.5, 0.6) is 0 Å². The lowest BCUT2D eigenvalue weighted by Crippen LogP contribution is -2.55. The van der Waals surface area contributed by atoms with Crippen LogP contribution in [0.4, 0.5) is 0 Å². The van der Waals surface area contributed by atoms with E-state index in [4.69, 9.17) is 10.5 Å². The maximum atomic E-state index is 6.04. The Labute approximate surface area is 106 Å². The summed E-state index contributed by atoms with van der Waals surface area (Å²) in [5.74, 6) is 1.46. The molecular weight excluding hydrogens is 212 g/mol. The molecule has 0 bridgehead atoms. The van der Waals surface area contributed by atoms with Gasteiger partial charge >= 0.3 is 0 Å². The highest BCUT2D eigenvalue weighted by atomic mass is 16.5. The van der Waals surface area contributed by atoms with E-state index < -0.39 is 0 Å². The number of nitrogens with two attached hydrogens (primary N) is 1. The SMILES string of the molecule is CC1CCCN(C(CN)C2CCCOC2)C1C. The molecule has 3 nitrogen and oxygen atoms in total. The first-order chi connectivity index (χ1) is 8.24. The molecule has 0 spiro atoms. The molecule has 0 aromatic rings. The molecule has 4 unspecified atom stereocenters. The molecular formula is C14H28N2O. The molecule has 2 fully saturated rings. The smallest absolute Gasteiger partial charge is 0.0509 e. The second kappa shape index (κ2) is 6.17. The van der Waals surface area contributed by atoms with E-state index in [2.05, 4.69) is 18.7 Å². The van der Waals surface area contributed by atoms with Crippen molar-refractivity contribution in [3.63, 3.8) is 0 Å². The standard InChI is InChI=1S/C14H28N2O/c1-11-5-3-7-16(12(11)2)14(9-15)13-6-4-8-17-10-13/h11-14H,3-10,15H2,1-2H3. The minimum Gasteiger partial charge on any atom is -0.381 e. The molecule has 0 radical (unpaired) electrons. The summed E-state index contributed by atoms with van der Waals surface area (Å²) in [6, 6.07) is 1.22. The second-order valence-electron chi connectivity index (χ2n) is 5.88. The quantitative estimate of drug-likeness (QED) is 0.818. The number of likely N-dealkylation sites (tertiary alicyclic amines) is 1. The van der Waals surface area contributed by atoms with Crippen molar-refractivity contribution in [1.82, 2.24) is 4.90 Å². The van der Waals surface area contributed by atoms with Crippen molar-refractivity contribution < 1.29 is 4.74 Å². The van der Waals surface area contributed by atoms with Crippen molar-refractivity contribution in [2.75, 3.05) is 26.3 Å². The minimum atomic E-state index is 0.535. The van der Waals surface area contributed by atoms with Crippen LogP contribution < -0.4 is 5.73 Å². The monoisotopic (exact) mass is 240 g/mol. The lowest BCUT2D eigenvalue weighted by atomic mass is 9.86. The molecule has 0 aliphatic carbocycles. The summed E-state index contributed by atoms with van der Waals surface area (Å²) >= 11 is 0. The molecule has 17 heavy (non-hydrogen) atoms. The molecule has 3 heteroatoms.